The van der Waals surface area contributed by atoms with Gasteiger partial charge in [0.15, 0.2) is 0 Å². The second kappa shape index (κ2) is 6.66. The van der Waals surface area contributed by atoms with Crippen LogP contribution in [0.25, 0.3) is 0 Å². The van der Waals surface area contributed by atoms with E-state index in [0.29, 0.717) is 25.3 Å². The molecule has 0 aliphatic carbocycles. The lowest BCUT2D eigenvalue weighted by Gasteiger charge is -2.13. The summed E-state index contributed by atoms with van der Waals surface area (Å²) < 4.78 is 25.4. The lowest BCUT2D eigenvalue weighted by atomic mass is 10.3. The highest BCUT2D eigenvalue weighted by molar-refractivity contribution is 7.89. The average molecular weight is 276 g/mol. The summed E-state index contributed by atoms with van der Waals surface area (Å²) in [5, 5.41) is 9.47. The molecule has 1 aromatic rings. The summed E-state index contributed by atoms with van der Waals surface area (Å²) in [5.41, 5.74) is 5.36. The Bertz CT molecular complexity index is 457. The van der Waals surface area contributed by atoms with Crippen molar-refractivity contribution >= 4 is 16.0 Å². The second-order valence-electron chi connectivity index (χ2n) is 4.09. The van der Waals surface area contributed by atoms with Gasteiger partial charge in [-0.25, -0.2) is 13.1 Å². The van der Waals surface area contributed by atoms with Crippen LogP contribution in [0, 0.1) is 0 Å². The first-order chi connectivity index (χ1) is 8.43. The van der Waals surface area contributed by atoms with Gasteiger partial charge in [0.25, 0.3) is 0 Å². The number of nitrogens with two attached hydrogens (primary N) is 1. The normalized spacial score (nSPS) is 13.7. The minimum absolute atomic E-state index is 0.0112. The Hall–Kier alpha value is -1.19. The number of rotatable bonds is 8. The van der Waals surface area contributed by atoms with E-state index >= 15 is 0 Å². The Morgan fingerprint density at radius 2 is 2.22 bits per heavy atom. The van der Waals surface area contributed by atoms with Crippen LogP contribution in [-0.2, 0) is 16.6 Å². The zero-order valence-corrected chi connectivity index (χ0v) is 11.4. The van der Waals surface area contributed by atoms with Crippen LogP contribution in [0.2, 0.25) is 0 Å². The van der Waals surface area contributed by atoms with Crippen LogP contribution in [0.3, 0.4) is 0 Å². The number of hydrogen-bond donors (Lipinski definition) is 4. The summed E-state index contributed by atoms with van der Waals surface area (Å²) >= 11 is 0. The molecule has 1 unspecified atom stereocenters. The zero-order chi connectivity index (χ0) is 13.6. The molecule has 1 atom stereocenters. The highest BCUT2D eigenvalue weighted by Crippen LogP contribution is 1.94. The van der Waals surface area contributed by atoms with Crippen LogP contribution in [0.4, 0.5) is 5.95 Å². The predicted octanol–water partition coefficient (Wildman–Crippen LogP) is -0.806. The van der Waals surface area contributed by atoms with Crippen LogP contribution >= 0.6 is 0 Å². The van der Waals surface area contributed by atoms with Crippen molar-refractivity contribution in [2.24, 2.45) is 0 Å². The van der Waals surface area contributed by atoms with E-state index in [1.54, 1.807) is 0 Å². The van der Waals surface area contributed by atoms with E-state index in [4.69, 9.17) is 5.73 Å². The predicted molar refractivity (Wildman–Crippen MR) is 69.2 cm³/mol. The van der Waals surface area contributed by atoms with E-state index in [9.17, 15) is 8.42 Å². The smallest absolute Gasteiger partial charge is 0.239 e. The molecule has 0 aliphatic rings. The second-order valence-corrected chi connectivity index (χ2v) is 6.02. The summed E-state index contributed by atoms with van der Waals surface area (Å²) in [5.74, 6) is 0.970. The maximum Gasteiger partial charge on any atom is 0.239 e. The summed E-state index contributed by atoms with van der Waals surface area (Å²) in [6, 6.07) is -0.0112. The highest BCUT2D eigenvalue weighted by Gasteiger charge is 2.10. The number of nitrogens with one attached hydrogen (secondary N) is 3. The van der Waals surface area contributed by atoms with Gasteiger partial charge < -0.3 is 11.1 Å². The molecular formula is C9H20N6O2S. The van der Waals surface area contributed by atoms with Crippen molar-refractivity contribution in [3.05, 3.63) is 5.82 Å². The van der Waals surface area contributed by atoms with E-state index in [-0.39, 0.29) is 17.7 Å². The molecule has 0 aromatic carbocycles. The van der Waals surface area contributed by atoms with Crippen molar-refractivity contribution in [3.63, 3.8) is 0 Å². The Balaban J connectivity index is 2.27. The van der Waals surface area contributed by atoms with Crippen molar-refractivity contribution in [2.45, 2.75) is 32.9 Å². The minimum Gasteiger partial charge on any atom is -0.367 e. The highest BCUT2D eigenvalue weighted by atomic mass is 32.2. The van der Waals surface area contributed by atoms with Gasteiger partial charge in [-0.05, 0) is 13.3 Å². The van der Waals surface area contributed by atoms with Gasteiger partial charge in [-0.3, -0.25) is 5.10 Å². The maximum atomic E-state index is 11.4. The first-order valence-corrected chi connectivity index (χ1v) is 7.45. The molecule has 0 fully saturated rings. The molecule has 8 nitrogen and oxygen atoms in total. The van der Waals surface area contributed by atoms with Gasteiger partial charge in [0.1, 0.15) is 5.82 Å². The molecule has 0 radical (unpaired) electrons. The van der Waals surface area contributed by atoms with Crippen LogP contribution in [0.5, 0.6) is 0 Å². The molecule has 0 saturated carbocycles. The molecule has 0 aliphatic heterocycles. The van der Waals surface area contributed by atoms with E-state index in [1.807, 2.05) is 13.8 Å². The molecule has 18 heavy (non-hydrogen) atoms. The first-order valence-electron chi connectivity index (χ1n) is 5.80. The lowest BCUT2D eigenvalue weighted by Crippen LogP contribution is -2.39. The molecule has 0 saturated heterocycles. The Morgan fingerprint density at radius 3 is 2.78 bits per heavy atom. The third kappa shape index (κ3) is 5.43. The quantitative estimate of drug-likeness (QED) is 0.492. The molecule has 104 valence electrons. The van der Waals surface area contributed by atoms with Crippen LogP contribution in [-0.4, -0.2) is 41.9 Å². The first kappa shape index (κ1) is 14.9. The fourth-order valence-electron chi connectivity index (χ4n) is 1.33. The van der Waals surface area contributed by atoms with Gasteiger partial charge in [-0.15, -0.1) is 5.10 Å². The zero-order valence-electron chi connectivity index (χ0n) is 10.6. The number of anilines is 1. The summed E-state index contributed by atoms with van der Waals surface area (Å²) in [4.78, 5) is 3.93. The third-order valence-corrected chi connectivity index (χ3v) is 3.80. The number of nitrogen functional groups attached to an aromatic ring is 1. The van der Waals surface area contributed by atoms with Crippen molar-refractivity contribution in [1.29, 1.82) is 0 Å². The molecule has 1 heterocycles. The lowest BCUT2D eigenvalue weighted by molar-refractivity contribution is 0.516. The Kier molecular flexibility index (Phi) is 5.51. The SMILES string of the molecule is CCCS(=O)(=O)NCC(C)NCc1nc(N)n[nH]1. The molecule has 1 rings (SSSR count). The van der Waals surface area contributed by atoms with Gasteiger partial charge in [0, 0.05) is 12.6 Å². The van der Waals surface area contributed by atoms with E-state index in [1.165, 1.54) is 0 Å². The molecule has 9 heteroatoms. The van der Waals surface area contributed by atoms with E-state index in [2.05, 4.69) is 25.2 Å². The van der Waals surface area contributed by atoms with Crippen molar-refractivity contribution in [3.8, 4) is 0 Å². The Morgan fingerprint density at radius 1 is 1.50 bits per heavy atom. The van der Waals surface area contributed by atoms with Crippen LogP contribution in [0.15, 0.2) is 0 Å². The van der Waals surface area contributed by atoms with Gasteiger partial charge in [0.2, 0.25) is 16.0 Å². The number of hydrogen-bond acceptors (Lipinski definition) is 6. The number of H-pyrrole nitrogens is 1. The van der Waals surface area contributed by atoms with Crippen molar-refractivity contribution < 1.29 is 8.42 Å². The number of aromatic amines is 1. The third-order valence-electron chi connectivity index (χ3n) is 2.25. The van der Waals surface area contributed by atoms with E-state index in [0.717, 1.165) is 0 Å². The fourth-order valence-corrected chi connectivity index (χ4v) is 2.51. The Labute approximate surface area is 107 Å². The molecule has 0 bridgehead atoms. The number of sulfonamides is 1. The summed E-state index contributed by atoms with van der Waals surface area (Å²) in [6.45, 7) is 4.51. The molecular weight excluding hydrogens is 256 g/mol. The average Bonchev–Trinajstić information content (AvgIpc) is 2.70. The number of nitrogens with zero attached hydrogens (tertiary/aromatic N) is 2. The minimum atomic E-state index is -3.15. The number of aromatic nitrogens is 3. The molecule has 5 N–H and O–H groups in total. The van der Waals surface area contributed by atoms with Gasteiger partial charge >= 0.3 is 0 Å². The van der Waals surface area contributed by atoms with Gasteiger partial charge in [0.05, 0.1) is 12.3 Å². The topological polar surface area (TPSA) is 126 Å². The fraction of sp³-hybridized carbons (Fsp3) is 0.778. The van der Waals surface area contributed by atoms with Crippen LogP contribution in [0.1, 0.15) is 26.1 Å². The van der Waals surface area contributed by atoms with Crippen LogP contribution < -0.4 is 15.8 Å². The van der Waals surface area contributed by atoms with Gasteiger partial charge in [-0.2, -0.15) is 4.98 Å². The largest absolute Gasteiger partial charge is 0.367 e. The molecule has 1 aromatic heterocycles. The van der Waals surface area contributed by atoms with Crippen molar-refractivity contribution in [2.75, 3.05) is 18.0 Å². The molecule has 0 amide bonds. The van der Waals surface area contributed by atoms with Crippen molar-refractivity contribution in [1.82, 2.24) is 25.2 Å². The monoisotopic (exact) mass is 276 g/mol. The summed E-state index contributed by atoms with van der Waals surface area (Å²) in [7, 11) is -3.15. The molecule has 0 spiro atoms. The van der Waals surface area contributed by atoms with E-state index < -0.39 is 10.0 Å². The standard InChI is InChI=1S/C9H20N6O2S/c1-3-4-18(16,17)12-5-7(2)11-6-8-13-9(10)15-14-8/h7,11-12H,3-6H2,1-2H3,(H3,10,13,14,15). The summed E-state index contributed by atoms with van der Waals surface area (Å²) in [6.07, 6.45) is 0.606. The van der Waals surface area contributed by atoms with Gasteiger partial charge in [-0.1, -0.05) is 6.92 Å². The maximum absolute atomic E-state index is 11.4.